The van der Waals surface area contributed by atoms with Crippen LogP contribution in [0, 0.1) is 0 Å². The predicted octanol–water partition coefficient (Wildman–Crippen LogP) is 3.41. The number of aldehydes is 1. The minimum atomic E-state index is 0.565. The third-order valence-electron chi connectivity index (χ3n) is 1.87. The van der Waals surface area contributed by atoms with Crippen LogP contribution in [0.4, 0.5) is 0 Å². The maximum atomic E-state index is 10.6. The molecule has 92 valence electrons. The lowest BCUT2D eigenvalue weighted by atomic mass is 10.2. The smallest absolute Gasteiger partial charge is 0.168 e. The molecule has 3 heteroatoms. The highest BCUT2D eigenvalue weighted by atomic mass is 16.1. The molecule has 3 nitrogen and oxygen atoms in total. The van der Waals surface area contributed by atoms with Gasteiger partial charge in [0.2, 0.25) is 0 Å². The number of rotatable bonds is 5. The van der Waals surface area contributed by atoms with Crippen molar-refractivity contribution in [1.82, 2.24) is 9.55 Å². The Morgan fingerprint density at radius 1 is 1.47 bits per heavy atom. The lowest BCUT2D eigenvalue weighted by molar-refractivity contribution is 0.111. The van der Waals surface area contributed by atoms with E-state index >= 15 is 0 Å². The fourth-order valence-corrected chi connectivity index (χ4v) is 1.14. The van der Waals surface area contributed by atoms with Crippen molar-refractivity contribution in [2.24, 2.45) is 0 Å². The number of aromatic nitrogens is 2. The van der Waals surface area contributed by atoms with E-state index in [4.69, 9.17) is 0 Å². The zero-order valence-corrected chi connectivity index (χ0v) is 10.8. The van der Waals surface area contributed by atoms with Gasteiger partial charge in [0, 0.05) is 6.54 Å². The standard InChI is InChI=1S/C12H14N2O.C2H6/c1-3-4-5-6-11(2)8-14-10-13-7-12(14)9-15;1-2/h3-7,9-10H,2,8H2,1H3;1-2H3/b4-3-,6-5-;. The van der Waals surface area contributed by atoms with Crippen molar-refractivity contribution in [3.8, 4) is 0 Å². The molecular weight excluding hydrogens is 212 g/mol. The molecule has 17 heavy (non-hydrogen) atoms. The van der Waals surface area contributed by atoms with Gasteiger partial charge in [0.05, 0.1) is 12.5 Å². The topological polar surface area (TPSA) is 34.9 Å². The number of carbonyl (C=O) groups excluding carboxylic acids is 1. The molecule has 0 fully saturated rings. The summed E-state index contributed by atoms with van der Waals surface area (Å²) in [4.78, 5) is 14.5. The van der Waals surface area contributed by atoms with Gasteiger partial charge in [-0.15, -0.1) is 0 Å². The van der Waals surface area contributed by atoms with Crippen LogP contribution in [-0.4, -0.2) is 15.8 Å². The number of allylic oxidation sites excluding steroid dienone is 5. The first-order valence-corrected chi connectivity index (χ1v) is 5.70. The van der Waals surface area contributed by atoms with Crippen LogP contribution >= 0.6 is 0 Å². The highest BCUT2D eigenvalue weighted by molar-refractivity contribution is 5.71. The third kappa shape index (κ3) is 5.66. The second-order valence-electron chi connectivity index (χ2n) is 3.11. The molecule has 1 heterocycles. The first-order chi connectivity index (χ1) is 8.27. The van der Waals surface area contributed by atoms with Gasteiger partial charge in [0.25, 0.3) is 0 Å². The third-order valence-corrected chi connectivity index (χ3v) is 1.87. The molecule has 1 rings (SSSR count). The Morgan fingerprint density at radius 3 is 2.76 bits per heavy atom. The van der Waals surface area contributed by atoms with Crippen LogP contribution < -0.4 is 0 Å². The molecule has 0 atom stereocenters. The maximum absolute atomic E-state index is 10.6. The molecule has 1 aromatic heterocycles. The van der Waals surface area contributed by atoms with Gasteiger partial charge in [0.15, 0.2) is 6.29 Å². The Bertz CT molecular complexity index is 400. The fourth-order valence-electron chi connectivity index (χ4n) is 1.14. The summed E-state index contributed by atoms with van der Waals surface area (Å²) in [6.07, 6.45) is 11.6. The molecule has 1 aromatic rings. The van der Waals surface area contributed by atoms with Gasteiger partial charge in [-0.1, -0.05) is 44.7 Å². The van der Waals surface area contributed by atoms with Gasteiger partial charge in [0.1, 0.15) is 5.69 Å². The highest BCUT2D eigenvalue weighted by Crippen LogP contribution is 2.02. The molecule has 0 unspecified atom stereocenters. The van der Waals surface area contributed by atoms with E-state index in [9.17, 15) is 4.79 Å². The summed E-state index contributed by atoms with van der Waals surface area (Å²) in [5.41, 5.74) is 1.49. The molecule has 0 bridgehead atoms. The van der Waals surface area contributed by atoms with Gasteiger partial charge >= 0.3 is 0 Å². The quantitative estimate of drug-likeness (QED) is 0.576. The molecule has 0 amide bonds. The Hall–Kier alpha value is -1.90. The highest BCUT2D eigenvalue weighted by Gasteiger charge is 1.99. The van der Waals surface area contributed by atoms with E-state index in [1.165, 1.54) is 6.20 Å². The molecule has 0 aliphatic rings. The number of carbonyl (C=O) groups is 1. The van der Waals surface area contributed by atoms with Crippen molar-refractivity contribution >= 4 is 6.29 Å². The Kier molecular flexibility index (Phi) is 8.29. The van der Waals surface area contributed by atoms with Crippen LogP contribution in [-0.2, 0) is 6.54 Å². The molecule has 0 N–H and O–H groups in total. The largest absolute Gasteiger partial charge is 0.324 e. The molecular formula is C14H20N2O. The predicted molar refractivity (Wildman–Crippen MR) is 72.1 cm³/mol. The van der Waals surface area contributed by atoms with Gasteiger partial charge in [-0.05, 0) is 12.5 Å². The van der Waals surface area contributed by atoms with Crippen LogP contribution in [0.1, 0.15) is 31.3 Å². The molecule has 0 saturated carbocycles. The Labute approximate surface area is 103 Å². The second-order valence-corrected chi connectivity index (χ2v) is 3.11. The minimum Gasteiger partial charge on any atom is -0.324 e. The van der Waals surface area contributed by atoms with Gasteiger partial charge in [-0.25, -0.2) is 4.98 Å². The summed E-state index contributed by atoms with van der Waals surface area (Å²) in [5.74, 6) is 0. The summed E-state index contributed by atoms with van der Waals surface area (Å²) in [6, 6.07) is 0. The van der Waals surface area contributed by atoms with Crippen molar-refractivity contribution in [1.29, 1.82) is 0 Å². The summed E-state index contributed by atoms with van der Waals surface area (Å²) in [5, 5.41) is 0. The first kappa shape index (κ1) is 15.1. The van der Waals surface area contributed by atoms with E-state index in [1.54, 1.807) is 10.9 Å². The van der Waals surface area contributed by atoms with E-state index in [0.29, 0.717) is 12.2 Å². The van der Waals surface area contributed by atoms with Gasteiger partial charge in [-0.2, -0.15) is 0 Å². The molecule has 0 saturated heterocycles. The molecule has 0 aliphatic carbocycles. The minimum absolute atomic E-state index is 0.565. The monoisotopic (exact) mass is 232 g/mol. The summed E-state index contributed by atoms with van der Waals surface area (Å²) < 4.78 is 1.76. The average Bonchev–Trinajstić information content (AvgIpc) is 2.79. The Morgan fingerprint density at radius 2 is 2.18 bits per heavy atom. The van der Waals surface area contributed by atoms with Gasteiger partial charge < -0.3 is 4.57 Å². The van der Waals surface area contributed by atoms with Crippen LogP contribution in [0.2, 0.25) is 0 Å². The van der Waals surface area contributed by atoms with Gasteiger partial charge in [-0.3, -0.25) is 4.79 Å². The molecule has 0 spiro atoms. The molecule has 0 radical (unpaired) electrons. The normalized spacial score (nSPS) is 10.3. The van der Waals surface area contributed by atoms with Crippen LogP contribution in [0.25, 0.3) is 0 Å². The number of nitrogens with zero attached hydrogens (tertiary/aromatic N) is 2. The maximum Gasteiger partial charge on any atom is 0.168 e. The second kappa shape index (κ2) is 9.33. The van der Waals surface area contributed by atoms with Crippen LogP contribution in [0.5, 0.6) is 0 Å². The Balaban J connectivity index is 0.00000121. The van der Waals surface area contributed by atoms with Crippen molar-refractivity contribution in [3.63, 3.8) is 0 Å². The molecule has 0 aliphatic heterocycles. The molecule has 0 aromatic carbocycles. The number of imidazole rings is 1. The van der Waals surface area contributed by atoms with Crippen molar-refractivity contribution in [2.75, 3.05) is 0 Å². The van der Waals surface area contributed by atoms with E-state index in [-0.39, 0.29) is 0 Å². The average molecular weight is 232 g/mol. The lowest BCUT2D eigenvalue weighted by Crippen LogP contribution is -2.01. The van der Waals surface area contributed by atoms with Crippen molar-refractivity contribution in [2.45, 2.75) is 27.3 Å². The van der Waals surface area contributed by atoms with E-state index in [1.807, 2.05) is 45.1 Å². The summed E-state index contributed by atoms with van der Waals surface area (Å²) in [7, 11) is 0. The number of hydrogen-bond acceptors (Lipinski definition) is 2. The lowest BCUT2D eigenvalue weighted by Gasteiger charge is -2.02. The van der Waals surface area contributed by atoms with E-state index in [0.717, 1.165) is 11.9 Å². The zero-order chi connectivity index (χ0) is 13.1. The summed E-state index contributed by atoms with van der Waals surface area (Å²) in [6.45, 7) is 10.4. The van der Waals surface area contributed by atoms with Crippen LogP contribution in [0.3, 0.4) is 0 Å². The van der Waals surface area contributed by atoms with E-state index in [2.05, 4.69) is 11.6 Å². The van der Waals surface area contributed by atoms with Crippen molar-refractivity contribution in [3.05, 3.63) is 54.7 Å². The van der Waals surface area contributed by atoms with Crippen molar-refractivity contribution < 1.29 is 4.79 Å². The van der Waals surface area contributed by atoms with E-state index < -0.39 is 0 Å². The number of hydrogen-bond donors (Lipinski definition) is 0. The SMILES string of the molecule is C=C(/C=C\C=C/C)Cn1cncc1C=O.CC. The fraction of sp³-hybridized carbons (Fsp3) is 0.286. The first-order valence-electron chi connectivity index (χ1n) is 5.70. The summed E-state index contributed by atoms with van der Waals surface area (Å²) >= 11 is 0. The zero-order valence-electron chi connectivity index (χ0n) is 10.8. The van der Waals surface area contributed by atoms with Crippen LogP contribution in [0.15, 0.2) is 49.0 Å².